The molecule has 0 aromatic heterocycles. The Hall–Kier alpha value is -2.27. The highest BCUT2D eigenvalue weighted by atomic mass is 32.2. The monoisotopic (exact) mass is 326 g/mol. The number of aryl methyl sites for hydroxylation is 3. The van der Waals surface area contributed by atoms with Crippen LogP contribution in [0.3, 0.4) is 0 Å². The number of benzene rings is 2. The fraction of sp³-hybridized carbons (Fsp3) is 0.222. The number of imide groups is 1. The molecule has 5 heteroatoms. The van der Waals surface area contributed by atoms with Crippen LogP contribution in [0.25, 0.3) is 0 Å². The molecule has 2 aromatic rings. The number of para-hydroxylation sites is 1. The summed E-state index contributed by atoms with van der Waals surface area (Å²) in [6, 6.07) is 13.4. The zero-order valence-corrected chi connectivity index (χ0v) is 14.1. The maximum atomic E-state index is 12.7. The summed E-state index contributed by atoms with van der Waals surface area (Å²) < 4.78 is 0. The molecule has 2 aromatic carbocycles. The Morgan fingerprint density at radius 2 is 1.65 bits per heavy atom. The maximum absolute atomic E-state index is 12.7. The summed E-state index contributed by atoms with van der Waals surface area (Å²) in [6.07, 6.45) is 0. The molecule has 0 aliphatic carbocycles. The Bertz CT molecular complexity index is 768. The van der Waals surface area contributed by atoms with Crippen molar-refractivity contribution in [2.75, 3.05) is 10.2 Å². The molecule has 1 N–H and O–H groups in total. The first kappa shape index (κ1) is 15.6. The van der Waals surface area contributed by atoms with E-state index in [-0.39, 0.29) is 11.1 Å². The van der Waals surface area contributed by atoms with Crippen LogP contribution < -0.4 is 10.2 Å². The Kier molecular flexibility index (Phi) is 4.13. The number of nitrogens with zero attached hydrogens (tertiary/aromatic N) is 1. The first-order chi connectivity index (χ1) is 11.0. The molecule has 0 bridgehead atoms. The number of hydrogen-bond donors (Lipinski definition) is 1. The highest BCUT2D eigenvalue weighted by Gasteiger charge is 2.41. The van der Waals surface area contributed by atoms with E-state index in [2.05, 4.69) is 11.4 Å². The van der Waals surface area contributed by atoms with Crippen LogP contribution in [0.2, 0.25) is 0 Å². The molecule has 1 unspecified atom stereocenters. The van der Waals surface area contributed by atoms with E-state index in [1.165, 1.54) is 4.90 Å². The molecule has 1 heterocycles. The second-order valence-electron chi connectivity index (χ2n) is 5.74. The highest BCUT2D eigenvalue weighted by Crippen LogP contribution is 2.34. The molecular weight excluding hydrogens is 308 g/mol. The molecule has 23 heavy (non-hydrogen) atoms. The van der Waals surface area contributed by atoms with E-state index in [1.54, 1.807) is 6.07 Å². The molecule has 118 valence electrons. The fourth-order valence-corrected chi connectivity index (χ4v) is 3.64. The summed E-state index contributed by atoms with van der Waals surface area (Å²) in [7, 11) is 0. The molecule has 0 radical (unpaired) electrons. The summed E-state index contributed by atoms with van der Waals surface area (Å²) >= 11 is 1.02. The number of nitrogens with one attached hydrogen (secondary N) is 1. The van der Waals surface area contributed by atoms with Crippen molar-refractivity contribution in [2.45, 2.75) is 26.1 Å². The number of thioether (sulfide) groups is 1. The van der Waals surface area contributed by atoms with Gasteiger partial charge in [-0.3, -0.25) is 9.59 Å². The summed E-state index contributed by atoms with van der Waals surface area (Å²) in [5, 5.41) is 2.33. The number of anilines is 2. The lowest BCUT2D eigenvalue weighted by molar-refractivity contribution is -0.116. The third-order valence-corrected chi connectivity index (χ3v) is 4.66. The van der Waals surface area contributed by atoms with Gasteiger partial charge in [0.1, 0.15) is 0 Å². The van der Waals surface area contributed by atoms with E-state index < -0.39 is 5.37 Å². The van der Waals surface area contributed by atoms with Gasteiger partial charge in [0.15, 0.2) is 5.37 Å². The van der Waals surface area contributed by atoms with Crippen LogP contribution >= 0.6 is 11.8 Å². The highest BCUT2D eigenvalue weighted by molar-refractivity contribution is 8.16. The second kappa shape index (κ2) is 6.08. The van der Waals surface area contributed by atoms with E-state index in [1.807, 2.05) is 51.1 Å². The summed E-state index contributed by atoms with van der Waals surface area (Å²) in [4.78, 5) is 26.2. The smallest absolute Gasteiger partial charge is 0.295 e. The molecule has 4 nitrogen and oxygen atoms in total. The summed E-state index contributed by atoms with van der Waals surface area (Å²) in [6.45, 7) is 5.91. The van der Waals surface area contributed by atoms with Crippen LogP contribution in [0.15, 0.2) is 42.5 Å². The third kappa shape index (κ3) is 3.10. The number of carbonyl (C=O) groups excluding carboxylic acids is 2. The number of hydrogen-bond acceptors (Lipinski definition) is 4. The van der Waals surface area contributed by atoms with Crippen molar-refractivity contribution >= 4 is 34.3 Å². The van der Waals surface area contributed by atoms with Crippen molar-refractivity contribution in [2.24, 2.45) is 0 Å². The largest absolute Gasteiger partial charge is 0.365 e. The number of carbonyl (C=O) groups is 2. The zero-order chi connectivity index (χ0) is 16.6. The van der Waals surface area contributed by atoms with Gasteiger partial charge in [-0.15, -0.1) is 0 Å². The van der Waals surface area contributed by atoms with Crippen molar-refractivity contribution in [3.63, 3.8) is 0 Å². The van der Waals surface area contributed by atoms with Gasteiger partial charge in [0.05, 0.1) is 5.69 Å². The molecule has 0 saturated carbocycles. The van der Waals surface area contributed by atoms with Gasteiger partial charge in [-0.05, 0) is 67.4 Å². The molecule has 1 aliphatic rings. The standard InChI is InChI=1S/C18H18N2O2S/c1-11-8-12(2)10-14(9-11)19-16-17(21)20(18(22)23-16)15-7-5-4-6-13(15)3/h4-10,16,19H,1-3H3. The first-order valence-electron chi connectivity index (χ1n) is 7.41. The second-order valence-corrected chi connectivity index (χ2v) is 6.80. The third-order valence-electron chi connectivity index (χ3n) is 3.72. The van der Waals surface area contributed by atoms with E-state index in [0.717, 1.165) is 34.1 Å². The van der Waals surface area contributed by atoms with Gasteiger partial charge < -0.3 is 5.32 Å². The van der Waals surface area contributed by atoms with Crippen LogP contribution in [0.5, 0.6) is 0 Å². The summed E-state index contributed by atoms with van der Waals surface area (Å²) in [5.41, 5.74) is 4.64. The Balaban J connectivity index is 1.85. The van der Waals surface area contributed by atoms with Gasteiger partial charge in [-0.1, -0.05) is 24.3 Å². The molecule has 0 spiro atoms. The van der Waals surface area contributed by atoms with Crippen molar-refractivity contribution in [1.82, 2.24) is 0 Å². The van der Waals surface area contributed by atoms with Crippen molar-refractivity contribution in [3.05, 3.63) is 59.2 Å². The average molecular weight is 326 g/mol. The van der Waals surface area contributed by atoms with Crippen LogP contribution in [-0.2, 0) is 4.79 Å². The van der Waals surface area contributed by atoms with Crippen molar-refractivity contribution in [1.29, 1.82) is 0 Å². The predicted octanol–water partition coefficient (Wildman–Crippen LogP) is 4.25. The quantitative estimate of drug-likeness (QED) is 0.916. The van der Waals surface area contributed by atoms with Gasteiger partial charge in [-0.2, -0.15) is 0 Å². The number of rotatable bonds is 3. The van der Waals surface area contributed by atoms with E-state index >= 15 is 0 Å². The van der Waals surface area contributed by atoms with Gasteiger partial charge in [0, 0.05) is 5.69 Å². The lowest BCUT2D eigenvalue weighted by atomic mass is 10.1. The van der Waals surface area contributed by atoms with Crippen LogP contribution in [-0.4, -0.2) is 16.5 Å². The molecule has 2 amide bonds. The van der Waals surface area contributed by atoms with Crippen LogP contribution in [0.1, 0.15) is 16.7 Å². The topological polar surface area (TPSA) is 49.4 Å². The minimum Gasteiger partial charge on any atom is -0.365 e. The minimum atomic E-state index is -0.594. The van der Waals surface area contributed by atoms with Crippen LogP contribution in [0.4, 0.5) is 16.2 Å². The van der Waals surface area contributed by atoms with Gasteiger partial charge in [-0.25, -0.2) is 4.90 Å². The van der Waals surface area contributed by atoms with Crippen molar-refractivity contribution < 1.29 is 9.59 Å². The molecule has 1 atom stereocenters. The van der Waals surface area contributed by atoms with Gasteiger partial charge >= 0.3 is 0 Å². The normalized spacial score (nSPS) is 17.7. The number of amides is 2. The molecule has 1 saturated heterocycles. The average Bonchev–Trinajstić information content (AvgIpc) is 2.73. The molecule has 1 aliphatic heterocycles. The Morgan fingerprint density at radius 1 is 1.00 bits per heavy atom. The first-order valence-corrected chi connectivity index (χ1v) is 8.29. The lowest BCUT2D eigenvalue weighted by Crippen LogP contribution is -2.34. The summed E-state index contributed by atoms with van der Waals surface area (Å²) in [5.74, 6) is -0.228. The predicted molar refractivity (Wildman–Crippen MR) is 95.0 cm³/mol. The van der Waals surface area contributed by atoms with Gasteiger partial charge in [0.2, 0.25) is 0 Å². The lowest BCUT2D eigenvalue weighted by Gasteiger charge is -2.17. The van der Waals surface area contributed by atoms with Crippen molar-refractivity contribution in [3.8, 4) is 0 Å². The van der Waals surface area contributed by atoms with E-state index in [0.29, 0.717) is 5.69 Å². The van der Waals surface area contributed by atoms with Crippen LogP contribution in [0, 0.1) is 20.8 Å². The zero-order valence-electron chi connectivity index (χ0n) is 13.3. The maximum Gasteiger partial charge on any atom is 0.295 e. The van der Waals surface area contributed by atoms with E-state index in [9.17, 15) is 9.59 Å². The SMILES string of the molecule is Cc1cc(C)cc(NC2SC(=O)N(c3ccccc3C)C2=O)c1. The van der Waals surface area contributed by atoms with Gasteiger partial charge in [0.25, 0.3) is 11.1 Å². The molecule has 1 fully saturated rings. The minimum absolute atomic E-state index is 0.228. The Labute approximate surface area is 139 Å². The molecular formula is C18H18N2O2S. The fourth-order valence-electron chi connectivity index (χ4n) is 2.74. The van der Waals surface area contributed by atoms with E-state index in [4.69, 9.17) is 0 Å². The Morgan fingerprint density at radius 3 is 2.30 bits per heavy atom. The molecule has 3 rings (SSSR count).